The summed E-state index contributed by atoms with van der Waals surface area (Å²) in [6.45, 7) is 5.48. The van der Waals surface area contributed by atoms with E-state index < -0.39 is 29.2 Å². The van der Waals surface area contributed by atoms with Crippen molar-refractivity contribution in [2.24, 2.45) is 11.8 Å². The van der Waals surface area contributed by atoms with E-state index in [-0.39, 0.29) is 43.3 Å². The Morgan fingerprint density at radius 1 is 1.00 bits per heavy atom. The summed E-state index contributed by atoms with van der Waals surface area (Å²) in [5.74, 6) is -2.14. The van der Waals surface area contributed by atoms with Crippen molar-refractivity contribution in [2.75, 3.05) is 23.0 Å². The fourth-order valence-electron chi connectivity index (χ4n) is 9.11. The second-order valence-electron chi connectivity index (χ2n) is 14.4. The van der Waals surface area contributed by atoms with E-state index in [4.69, 9.17) is 4.74 Å². The van der Waals surface area contributed by atoms with Gasteiger partial charge in [-0.25, -0.2) is 4.39 Å². The third-order valence-electron chi connectivity index (χ3n) is 11.2. The summed E-state index contributed by atoms with van der Waals surface area (Å²) >= 11 is 0. The fourth-order valence-corrected chi connectivity index (χ4v) is 9.11. The molecule has 252 valence electrons. The van der Waals surface area contributed by atoms with Gasteiger partial charge in [0, 0.05) is 35.0 Å². The molecular weight excluding hydrogens is 621 g/mol. The molecule has 2 fully saturated rings. The number of carbonyl (C=O) groups excluding carboxylic acids is 3. The topological polar surface area (TPSA) is 90.4 Å². The number of likely N-dealkylation sites (tertiary alicyclic amines) is 1. The number of halogens is 1. The third-order valence-corrected chi connectivity index (χ3v) is 11.2. The van der Waals surface area contributed by atoms with Crippen molar-refractivity contribution in [1.82, 2.24) is 4.90 Å². The van der Waals surface area contributed by atoms with Crippen molar-refractivity contribution in [1.29, 1.82) is 0 Å². The second kappa shape index (κ2) is 11.5. The monoisotopic (exact) mass is 661 g/mol. The first-order chi connectivity index (χ1) is 23.5. The highest BCUT2D eigenvalue weighted by Gasteiger charge is 2.66. The number of rotatable bonds is 7. The van der Waals surface area contributed by atoms with E-state index in [0.717, 1.165) is 28.4 Å². The van der Waals surface area contributed by atoms with E-state index in [1.165, 1.54) is 13.8 Å². The highest BCUT2D eigenvalue weighted by Crippen LogP contribution is 2.59. The molecule has 49 heavy (non-hydrogen) atoms. The lowest BCUT2D eigenvalue weighted by Gasteiger charge is -2.33. The van der Waals surface area contributed by atoms with Crippen LogP contribution in [0.25, 0.3) is 10.8 Å². The number of nitrogens with zero attached hydrogens (tertiary/aromatic N) is 3. The van der Waals surface area contributed by atoms with Crippen LogP contribution in [-0.2, 0) is 26.5 Å². The molecular formula is C40H40FN3O5. The molecule has 4 aromatic carbocycles. The van der Waals surface area contributed by atoms with Gasteiger partial charge in [-0.15, -0.1) is 0 Å². The molecule has 8 nitrogen and oxygen atoms in total. The van der Waals surface area contributed by atoms with Crippen LogP contribution in [0.4, 0.5) is 21.5 Å². The highest BCUT2D eigenvalue weighted by molar-refractivity contribution is 6.28. The summed E-state index contributed by atoms with van der Waals surface area (Å²) in [5, 5.41) is 11.7. The van der Waals surface area contributed by atoms with Crippen molar-refractivity contribution >= 4 is 45.6 Å². The summed E-state index contributed by atoms with van der Waals surface area (Å²) in [7, 11) is 0. The first-order valence-electron chi connectivity index (χ1n) is 17.2. The Morgan fingerprint density at radius 2 is 1.76 bits per heavy atom. The standard InChI is InChI=1S/C40H40FN3O5/c1-24-36(39(2,3)41)33(21-34(46)42-19-9-14-28(42)23-45)49-40(24)30-20-27(17-18-31(30)43(38(40)48)22-25-10-5-4-6-11-25)44-32-16-8-13-26-12-7-15-29(35(26)32)37(44)47/h4-8,10-13,15-18,20,24,28,33,36,45H,9,14,19,21-23H2,1-3H3/t24-,28+,33+,36-,40+/m1/s1. The molecule has 1 N–H and O–H groups in total. The Hall–Kier alpha value is -4.60. The first-order valence-corrected chi connectivity index (χ1v) is 17.2. The van der Waals surface area contributed by atoms with Crippen LogP contribution in [0.5, 0.6) is 0 Å². The van der Waals surface area contributed by atoms with E-state index in [0.29, 0.717) is 35.5 Å². The lowest BCUT2D eigenvalue weighted by Crippen LogP contribution is -2.45. The van der Waals surface area contributed by atoms with Crippen molar-refractivity contribution in [3.05, 3.63) is 102 Å². The normalized spacial score (nSPS) is 26.1. The molecule has 0 aliphatic carbocycles. The molecule has 0 aromatic heterocycles. The van der Waals surface area contributed by atoms with Gasteiger partial charge in [0.15, 0.2) is 5.60 Å². The maximum atomic E-state index is 16.4. The SMILES string of the molecule is C[C@@H]1[C@@H](C(C)(C)F)[C@H](CC(=O)N2CCC[C@H]2CO)O[C@@]12C(=O)N(Cc1ccccc1)c1ccc(N3C(=O)c4cccc5cccc3c45)cc12. The van der Waals surface area contributed by atoms with E-state index in [2.05, 4.69) is 0 Å². The van der Waals surface area contributed by atoms with Crippen LogP contribution in [0.3, 0.4) is 0 Å². The quantitative estimate of drug-likeness (QED) is 0.240. The number of carbonyl (C=O) groups is 3. The summed E-state index contributed by atoms with van der Waals surface area (Å²) in [4.78, 5) is 47.7. The molecule has 2 saturated heterocycles. The number of amides is 3. The molecule has 4 aromatic rings. The summed E-state index contributed by atoms with van der Waals surface area (Å²) in [6.07, 6.45) is 0.494. The van der Waals surface area contributed by atoms with Gasteiger partial charge < -0.3 is 19.6 Å². The molecule has 0 bridgehead atoms. The molecule has 1 spiro atoms. The van der Waals surface area contributed by atoms with Gasteiger partial charge in [0.2, 0.25) is 5.91 Å². The zero-order valence-electron chi connectivity index (χ0n) is 27.9. The number of aliphatic hydroxyl groups is 1. The van der Waals surface area contributed by atoms with E-state index in [1.54, 1.807) is 14.7 Å². The lowest BCUT2D eigenvalue weighted by molar-refractivity contribution is -0.150. The molecule has 0 radical (unpaired) electrons. The second-order valence-corrected chi connectivity index (χ2v) is 14.4. The first kappa shape index (κ1) is 31.7. The van der Waals surface area contributed by atoms with Crippen LogP contribution in [0, 0.1) is 11.8 Å². The van der Waals surface area contributed by atoms with E-state index >= 15 is 4.39 Å². The molecule has 4 heterocycles. The lowest BCUT2D eigenvalue weighted by atomic mass is 9.71. The Bertz CT molecular complexity index is 1990. The van der Waals surface area contributed by atoms with Gasteiger partial charge in [0.05, 0.1) is 48.7 Å². The Labute approximate surface area is 285 Å². The van der Waals surface area contributed by atoms with Crippen molar-refractivity contribution in [3.63, 3.8) is 0 Å². The zero-order chi connectivity index (χ0) is 34.2. The number of alkyl halides is 1. The number of benzene rings is 4. The fraction of sp³-hybridized carbons (Fsp3) is 0.375. The maximum Gasteiger partial charge on any atom is 0.264 e. The number of ether oxygens (including phenoxy) is 1. The Morgan fingerprint density at radius 3 is 2.49 bits per heavy atom. The smallest absolute Gasteiger partial charge is 0.264 e. The maximum absolute atomic E-state index is 16.4. The minimum Gasteiger partial charge on any atom is -0.394 e. The van der Waals surface area contributed by atoms with Crippen molar-refractivity contribution in [3.8, 4) is 0 Å². The van der Waals surface area contributed by atoms with Gasteiger partial charge in [0.1, 0.15) is 5.67 Å². The van der Waals surface area contributed by atoms with Gasteiger partial charge in [-0.3, -0.25) is 19.3 Å². The third kappa shape index (κ3) is 4.73. The minimum absolute atomic E-state index is 0.108. The predicted molar refractivity (Wildman–Crippen MR) is 185 cm³/mol. The van der Waals surface area contributed by atoms with Crippen molar-refractivity contribution in [2.45, 2.75) is 70.0 Å². The Balaban J connectivity index is 1.25. The van der Waals surface area contributed by atoms with Gasteiger partial charge >= 0.3 is 0 Å². The number of hydrogen-bond acceptors (Lipinski definition) is 5. The number of aliphatic hydroxyl groups excluding tert-OH is 1. The van der Waals surface area contributed by atoms with Gasteiger partial charge in [-0.1, -0.05) is 61.5 Å². The predicted octanol–water partition coefficient (Wildman–Crippen LogP) is 6.65. The average molecular weight is 662 g/mol. The molecule has 0 saturated carbocycles. The van der Waals surface area contributed by atoms with E-state index in [1.807, 2.05) is 91.9 Å². The van der Waals surface area contributed by atoms with Gasteiger partial charge in [-0.2, -0.15) is 0 Å². The van der Waals surface area contributed by atoms with Crippen LogP contribution >= 0.6 is 0 Å². The zero-order valence-corrected chi connectivity index (χ0v) is 27.9. The molecule has 9 heteroatoms. The van der Waals surface area contributed by atoms with Crippen LogP contribution in [0.1, 0.15) is 61.5 Å². The minimum atomic E-state index is -1.79. The van der Waals surface area contributed by atoms with Crippen LogP contribution in [0.15, 0.2) is 84.9 Å². The summed E-state index contributed by atoms with van der Waals surface area (Å²) < 4.78 is 23.3. The van der Waals surface area contributed by atoms with Crippen LogP contribution in [-0.4, -0.2) is 58.7 Å². The van der Waals surface area contributed by atoms with Gasteiger partial charge in [-0.05, 0) is 68.0 Å². The van der Waals surface area contributed by atoms with Crippen LogP contribution < -0.4 is 9.80 Å². The highest BCUT2D eigenvalue weighted by atomic mass is 19.1. The molecule has 5 atom stereocenters. The largest absolute Gasteiger partial charge is 0.394 e. The molecule has 3 amide bonds. The van der Waals surface area contributed by atoms with Gasteiger partial charge in [0.25, 0.3) is 11.8 Å². The Kier molecular flexibility index (Phi) is 7.42. The molecule has 4 aliphatic heterocycles. The summed E-state index contributed by atoms with van der Waals surface area (Å²) in [6, 6.07) is 26.5. The molecule has 4 aliphatic rings. The van der Waals surface area contributed by atoms with E-state index in [9.17, 15) is 19.5 Å². The molecule has 0 unspecified atom stereocenters. The number of anilines is 3. The number of fused-ring (bicyclic) bond motifs is 2. The average Bonchev–Trinajstić information content (AvgIpc) is 3.82. The number of hydrogen-bond donors (Lipinski definition) is 1. The van der Waals surface area contributed by atoms with Crippen LogP contribution in [0.2, 0.25) is 0 Å². The summed E-state index contributed by atoms with van der Waals surface area (Å²) in [5.41, 5.74) is 0.677. The van der Waals surface area contributed by atoms with Crippen molar-refractivity contribution < 1.29 is 28.6 Å². The molecule has 8 rings (SSSR count).